The minimum Gasteiger partial charge on any atom is -0.465 e. The van der Waals surface area contributed by atoms with Crippen LogP contribution >= 0.6 is 0 Å². The van der Waals surface area contributed by atoms with Gasteiger partial charge in [0.15, 0.2) is 5.70 Å². The van der Waals surface area contributed by atoms with Crippen molar-refractivity contribution in [3.8, 4) is 0 Å². The number of aliphatic hydroxyl groups excluding tert-OH is 2. The van der Waals surface area contributed by atoms with Crippen molar-refractivity contribution in [2.45, 2.75) is 135 Å². The van der Waals surface area contributed by atoms with Crippen LogP contribution in [-0.2, 0) is 33.7 Å². The van der Waals surface area contributed by atoms with Gasteiger partial charge in [-0.1, -0.05) is 88.5 Å². The number of unbranched alkanes of at least 4 members (excludes halogenated alkanes) is 11. The average Bonchev–Trinajstić information content (AvgIpc) is 3.67. The second-order valence-corrected chi connectivity index (χ2v) is 16.2. The zero-order valence-electron chi connectivity index (χ0n) is 33.5. The summed E-state index contributed by atoms with van der Waals surface area (Å²) in [6.07, 6.45) is 26.8. The molecule has 0 radical (unpaired) electrons. The van der Waals surface area contributed by atoms with Crippen molar-refractivity contribution >= 4 is 30.8 Å². The molecular formula is C42H62BF2N7O5. The lowest BCUT2D eigenvalue weighted by atomic mass is 9.91. The number of ether oxygens (including phenoxy) is 1. The number of fused-ring (bicyclic) bond motifs is 4. The second-order valence-electron chi connectivity index (χ2n) is 16.2. The van der Waals surface area contributed by atoms with Crippen molar-refractivity contribution in [1.82, 2.24) is 30.1 Å². The van der Waals surface area contributed by atoms with Crippen molar-refractivity contribution in [2.75, 3.05) is 19.8 Å². The standard InChI is InChI=1S/C42H62BF2N7O5/c1-2-3-4-5-6-7-8-9-10-11-12-13-14-19-39(54)35(29-53)47-40(55)28-52-36-23-21-32-31(20-22-34(36)48-49-52)33(32)30-57-41(56)24-25-46-42-37-17-15-26-50(37)43(44,45)51-27-16-18-38(42)51/h14-19,26-27,31-33,35,39,46,53-54H,2-13,20-25,28-30H2,1H3,(H,47,55)/b19-14+/t31-,32+,33-,35?,39?/m0/s1. The van der Waals surface area contributed by atoms with E-state index >= 15 is 0 Å². The van der Waals surface area contributed by atoms with Crippen LogP contribution in [0.3, 0.4) is 0 Å². The van der Waals surface area contributed by atoms with E-state index in [4.69, 9.17) is 4.74 Å². The van der Waals surface area contributed by atoms with E-state index in [0.717, 1.165) is 58.9 Å². The molecule has 15 heteroatoms. The first-order valence-corrected chi connectivity index (χ1v) is 21.5. The van der Waals surface area contributed by atoms with E-state index in [1.54, 1.807) is 35.0 Å². The van der Waals surface area contributed by atoms with Crippen LogP contribution in [0.2, 0.25) is 0 Å². The Kier molecular flexibility index (Phi) is 15.3. The third-order valence-corrected chi connectivity index (χ3v) is 12.2. The first kappa shape index (κ1) is 42.5. The Morgan fingerprint density at radius 3 is 2.53 bits per heavy atom. The predicted octanol–water partition coefficient (Wildman–Crippen LogP) is 5.70. The van der Waals surface area contributed by atoms with Gasteiger partial charge in [-0.05, 0) is 74.6 Å². The SMILES string of the molecule is CCCCCCCCCCCCC/C=C/C(O)C(CO)NC(=O)Cn1nnc2c1CC[C@@H]1[C@H](CC2)[C@@H]1COC(=O)CCNC1=C2C=CC=[N+]2[B-](F)(F)n2cccc21. The average molecular weight is 794 g/mol. The molecule has 6 rings (SSSR count). The number of carbonyl (C=O) groups excluding carboxylic acids is 2. The van der Waals surface area contributed by atoms with Crippen LogP contribution in [0.5, 0.6) is 0 Å². The lowest BCUT2D eigenvalue weighted by molar-refractivity contribution is -0.356. The molecule has 4 heterocycles. The Bertz CT molecular complexity index is 1790. The molecule has 2 aliphatic heterocycles. The van der Waals surface area contributed by atoms with Crippen LogP contribution < -0.4 is 10.6 Å². The molecule has 4 aliphatic rings. The molecule has 312 valence electrons. The topological polar surface area (TPSA) is 147 Å². The Morgan fingerprint density at radius 1 is 1.07 bits per heavy atom. The molecule has 0 spiro atoms. The van der Waals surface area contributed by atoms with Gasteiger partial charge >= 0.3 is 12.9 Å². The summed E-state index contributed by atoms with van der Waals surface area (Å²) in [5.74, 6) is 0.391. The molecule has 4 N–H and O–H groups in total. The van der Waals surface area contributed by atoms with Crippen molar-refractivity contribution in [1.29, 1.82) is 0 Å². The summed E-state index contributed by atoms with van der Waals surface area (Å²) in [5, 5.41) is 35.2. The highest BCUT2D eigenvalue weighted by Crippen LogP contribution is 2.53. The van der Waals surface area contributed by atoms with Crippen molar-refractivity contribution in [3.63, 3.8) is 0 Å². The van der Waals surface area contributed by atoms with Crippen LogP contribution in [0.25, 0.3) is 5.70 Å². The fraction of sp³-hybridized carbons (Fsp3) is 0.643. The molecule has 2 unspecified atom stereocenters. The molecule has 57 heavy (non-hydrogen) atoms. The molecule has 1 fully saturated rings. The molecule has 1 saturated carbocycles. The number of allylic oxidation sites excluding steroid dienone is 3. The maximum Gasteiger partial charge on any atom is 0.737 e. The highest BCUT2D eigenvalue weighted by Gasteiger charge is 2.52. The third-order valence-electron chi connectivity index (χ3n) is 12.2. The van der Waals surface area contributed by atoms with E-state index in [1.165, 1.54) is 70.2 Å². The van der Waals surface area contributed by atoms with Crippen LogP contribution in [0.4, 0.5) is 8.63 Å². The van der Waals surface area contributed by atoms with Crippen LogP contribution in [0, 0.1) is 17.8 Å². The van der Waals surface area contributed by atoms with E-state index in [9.17, 15) is 28.4 Å². The van der Waals surface area contributed by atoms with Gasteiger partial charge in [0.2, 0.25) is 5.91 Å². The highest BCUT2D eigenvalue weighted by molar-refractivity contribution is 6.57. The number of carbonyl (C=O) groups is 2. The molecule has 12 nitrogen and oxygen atoms in total. The minimum atomic E-state index is -3.97. The first-order chi connectivity index (χ1) is 27.7. The summed E-state index contributed by atoms with van der Waals surface area (Å²) in [4.78, 5) is 25.8. The minimum absolute atomic E-state index is 0.0583. The lowest BCUT2D eigenvalue weighted by Crippen LogP contribution is -2.50. The normalized spacial score (nSPS) is 21.5. The molecule has 5 atom stereocenters. The molecule has 1 amide bonds. The number of nitrogens with zero attached hydrogens (tertiary/aromatic N) is 5. The molecular weight excluding hydrogens is 731 g/mol. The van der Waals surface area contributed by atoms with Gasteiger partial charge in [-0.25, -0.2) is 4.68 Å². The van der Waals surface area contributed by atoms with Crippen LogP contribution in [0.1, 0.15) is 120 Å². The number of amides is 1. The van der Waals surface area contributed by atoms with Gasteiger partial charge in [0.25, 0.3) is 0 Å². The van der Waals surface area contributed by atoms with Gasteiger partial charge < -0.3 is 43.2 Å². The van der Waals surface area contributed by atoms with E-state index < -0.39 is 19.1 Å². The summed E-state index contributed by atoms with van der Waals surface area (Å²) < 4.78 is 39.2. The quantitative estimate of drug-likeness (QED) is 0.0459. The van der Waals surface area contributed by atoms with Gasteiger partial charge in [0.1, 0.15) is 18.5 Å². The maximum absolute atomic E-state index is 15.0. The van der Waals surface area contributed by atoms with E-state index in [1.807, 2.05) is 6.08 Å². The molecule has 2 aliphatic carbocycles. The second kappa shape index (κ2) is 20.5. The lowest BCUT2D eigenvalue weighted by Gasteiger charge is -2.30. The van der Waals surface area contributed by atoms with E-state index in [-0.39, 0.29) is 43.9 Å². The third kappa shape index (κ3) is 10.9. The number of nitrogens with one attached hydrogen (secondary N) is 2. The monoisotopic (exact) mass is 793 g/mol. The summed E-state index contributed by atoms with van der Waals surface area (Å²) >= 11 is 0. The number of aryl methyl sites for hydroxylation is 1. The van der Waals surface area contributed by atoms with Gasteiger partial charge in [-0.15, -0.1) is 5.10 Å². The van der Waals surface area contributed by atoms with E-state index in [0.29, 0.717) is 42.0 Å². The number of hydrogen-bond donors (Lipinski definition) is 4. The highest BCUT2D eigenvalue weighted by atomic mass is 19.2. The van der Waals surface area contributed by atoms with Crippen molar-refractivity contribution in [2.24, 2.45) is 17.8 Å². The number of aliphatic hydroxyl groups is 2. The van der Waals surface area contributed by atoms with Crippen LogP contribution in [-0.4, -0.2) is 91.1 Å². The zero-order valence-corrected chi connectivity index (χ0v) is 33.5. The number of aromatic nitrogens is 4. The van der Waals surface area contributed by atoms with Crippen LogP contribution in [0.15, 0.2) is 48.3 Å². The van der Waals surface area contributed by atoms with Gasteiger partial charge in [-0.2, -0.15) is 0 Å². The fourth-order valence-corrected chi connectivity index (χ4v) is 8.87. The smallest absolute Gasteiger partial charge is 0.465 e. The molecule has 0 saturated heterocycles. The Labute approximate surface area is 335 Å². The van der Waals surface area contributed by atoms with Gasteiger partial charge in [0.05, 0.1) is 43.2 Å². The van der Waals surface area contributed by atoms with Gasteiger partial charge in [0, 0.05) is 24.4 Å². The molecule has 2 aromatic heterocycles. The number of hydrogen-bond acceptors (Lipinski definition) is 8. The summed E-state index contributed by atoms with van der Waals surface area (Å²) in [6.45, 7) is -1.58. The molecule has 0 aromatic carbocycles. The largest absolute Gasteiger partial charge is 0.737 e. The predicted molar refractivity (Wildman–Crippen MR) is 216 cm³/mol. The number of halogens is 2. The van der Waals surface area contributed by atoms with Crippen molar-refractivity contribution < 1.29 is 37.7 Å². The zero-order chi connectivity index (χ0) is 40.2. The number of esters is 1. The summed E-state index contributed by atoms with van der Waals surface area (Å²) in [6, 6.07) is 2.42. The summed E-state index contributed by atoms with van der Waals surface area (Å²) in [5.41, 5.74) is 3.11. The first-order valence-electron chi connectivity index (χ1n) is 21.5. The maximum atomic E-state index is 15.0. The molecule has 0 bridgehead atoms. The van der Waals surface area contributed by atoms with E-state index in [2.05, 4.69) is 27.9 Å². The summed E-state index contributed by atoms with van der Waals surface area (Å²) in [7, 11) is 0. The van der Waals surface area contributed by atoms with Crippen molar-refractivity contribution in [3.05, 3.63) is 65.4 Å². The Morgan fingerprint density at radius 2 is 1.79 bits per heavy atom. The number of rotatable bonds is 24. The molecule has 2 aromatic rings. The Balaban J connectivity index is 0.868. The van der Waals surface area contributed by atoms with Gasteiger partial charge in [-0.3, -0.25) is 9.59 Å². The Hall–Kier alpha value is -4.11. The fourth-order valence-electron chi connectivity index (χ4n) is 8.87.